The second-order valence-electron chi connectivity index (χ2n) is 8.10. The Kier molecular flexibility index (Phi) is 4.19. The molecule has 4 rings (SSSR count). The normalized spacial score (nSPS) is 26.3. The number of nitrogens with zero attached hydrogens (tertiary/aromatic N) is 3. The maximum atomic E-state index is 12.3. The Morgan fingerprint density at radius 3 is 2.54 bits per heavy atom. The molecule has 0 aromatic carbocycles. The Morgan fingerprint density at radius 2 is 1.88 bits per heavy atom. The molecule has 0 radical (unpaired) electrons. The van der Waals surface area contributed by atoms with E-state index in [0.29, 0.717) is 18.2 Å². The highest BCUT2D eigenvalue weighted by Gasteiger charge is 2.37. The smallest absolute Gasteiger partial charge is 0.270 e. The summed E-state index contributed by atoms with van der Waals surface area (Å²) in [7, 11) is 0. The standard InChI is InChI=1S/C19H28N4O/c1-12(2)9-16-21-17-15(7-8-20-19(17)24)18(22-16)23-10-13-5-3-4-6-14(13)11-23/h12-14H,3-11H2,1-2H3,(H,20,24)/t13-,14+. The van der Waals surface area contributed by atoms with Gasteiger partial charge in [-0.25, -0.2) is 9.97 Å². The van der Waals surface area contributed by atoms with Crippen LogP contribution in [0.1, 0.15) is 61.4 Å². The fraction of sp³-hybridized carbons (Fsp3) is 0.737. The van der Waals surface area contributed by atoms with E-state index in [1.807, 2.05) is 0 Å². The Morgan fingerprint density at radius 1 is 1.17 bits per heavy atom. The molecule has 1 aliphatic carbocycles. The van der Waals surface area contributed by atoms with E-state index >= 15 is 0 Å². The molecule has 1 N–H and O–H groups in total. The molecule has 0 unspecified atom stereocenters. The second-order valence-corrected chi connectivity index (χ2v) is 8.10. The van der Waals surface area contributed by atoms with Crippen molar-refractivity contribution >= 4 is 11.7 Å². The summed E-state index contributed by atoms with van der Waals surface area (Å²) in [6, 6.07) is 0. The van der Waals surface area contributed by atoms with Gasteiger partial charge in [-0.05, 0) is 37.0 Å². The highest BCUT2D eigenvalue weighted by Crippen LogP contribution is 2.39. The van der Waals surface area contributed by atoms with Crippen LogP contribution in [0.4, 0.5) is 5.82 Å². The molecule has 5 nitrogen and oxygen atoms in total. The molecule has 0 spiro atoms. The van der Waals surface area contributed by atoms with Crippen molar-refractivity contribution in [3.63, 3.8) is 0 Å². The maximum Gasteiger partial charge on any atom is 0.270 e. The predicted molar refractivity (Wildman–Crippen MR) is 94.3 cm³/mol. The third kappa shape index (κ3) is 2.89. The van der Waals surface area contributed by atoms with Crippen molar-refractivity contribution in [2.75, 3.05) is 24.5 Å². The van der Waals surface area contributed by atoms with Crippen LogP contribution in [0.15, 0.2) is 0 Å². The number of hydrogen-bond acceptors (Lipinski definition) is 4. The van der Waals surface area contributed by atoms with Crippen molar-refractivity contribution in [3.05, 3.63) is 17.1 Å². The average molecular weight is 328 g/mol. The van der Waals surface area contributed by atoms with E-state index in [9.17, 15) is 4.79 Å². The number of carbonyl (C=O) groups is 1. The molecule has 1 aromatic heterocycles. The lowest BCUT2D eigenvalue weighted by Gasteiger charge is -2.25. The minimum Gasteiger partial charge on any atom is -0.356 e. The van der Waals surface area contributed by atoms with Crippen LogP contribution in [0.3, 0.4) is 0 Å². The summed E-state index contributed by atoms with van der Waals surface area (Å²) in [5, 5.41) is 2.94. The van der Waals surface area contributed by atoms with Gasteiger partial charge in [0.25, 0.3) is 5.91 Å². The van der Waals surface area contributed by atoms with Gasteiger partial charge in [0.05, 0.1) is 0 Å². The van der Waals surface area contributed by atoms with E-state index in [1.54, 1.807) is 0 Å². The molecular weight excluding hydrogens is 300 g/mol. The molecule has 3 heterocycles. The third-order valence-electron chi connectivity index (χ3n) is 5.77. The second kappa shape index (κ2) is 6.34. The molecule has 5 heteroatoms. The molecule has 130 valence electrons. The molecule has 1 saturated heterocycles. The van der Waals surface area contributed by atoms with Crippen LogP contribution >= 0.6 is 0 Å². The molecule has 3 aliphatic rings. The summed E-state index contributed by atoms with van der Waals surface area (Å²) in [5.74, 6) is 3.97. The number of carbonyl (C=O) groups excluding carboxylic acids is 1. The zero-order chi connectivity index (χ0) is 16.7. The van der Waals surface area contributed by atoms with Crippen LogP contribution in [0.25, 0.3) is 0 Å². The summed E-state index contributed by atoms with van der Waals surface area (Å²) >= 11 is 0. The number of fused-ring (bicyclic) bond motifs is 2. The van der Waals surface area contributed by atoms with Crippen LogP contribution in [0, 0.1) is 17.8 Å². The van der Waals surface area contributed by atoms with Crippen molar-refractivity contribution < 1.29 is 4.79 Å². The van der Waals surface area contributed by atoms with E-state index in [0.717, 1.165) is 55.0 Å². The predicted octanol–water partition coefficient (Wildman–Crippen LogP) is 2.59. The summed E-state index contributed by atoms with van der Waals surface area (Å²) in [6.45, 7) is 7.26. The van der Waals surface area contributed by atoms with Crippen molar-refractivity contribution in [3.8, 4) is 0 Å². The highest BCUT2D eigenvalue weighted by atomic mass is 16.1. The van der Waals surface area contributed by atoms with E-state index in [-0.39, 0.29) is 5.91 Å². The Labute approximate surface area is 144 Å². The molecule has 24 heavy (non-hydrogen) atoms. The van der Waals surface area contributed by atoms with Crippen LogP contribution in [0.2, 0.25) is 0 Å². The lowest BCUT2D eigenvalue weighted by atomic mass is 9.82. The molecule has 2 atom stereocenters. The van der Waals surface area contributed by atoms with Crippen LogP contribution in [-0.4, -0.2) is 35.5 Å². The van der Waals surface area contributed by atoms with E-state index in [4.69, 9.17) is 4.98 Å². The van der Waals surface area contributed by atoms with Crippen molar-refractivity contribution in [1.29, 1.82) is 0 Å². The molecule has 2 aliphatic heterocycles. The van der Waals surface area contributed by atoms with Gasteiger partial charge in [-0.2, -0.15) is 0 Å². The SMILES string of the molecule is CC(C)Cc1nc2c(c(N3C[C@H]4CCCC[C@H]4C3)n1)CCNC2=O. The number of amides is 1. The number of hydrogen-bond donors (Lipinski definition) is 1. The summed E-state index contributed by atoms with van der Waals surface area (Å²) < 4.78 is 0. The summed E-state index contributed by atoms with van der Waals surface area (Å²) in [6.07, 6.45) is 7.13. The zero-order valence-electron chi connectivity index (χ0n) is 14.8. The minimum absolute atomic E-state index is 0.0264. The minimum atomic E-state index is -0.0264. The molecule has 1 amide bonds. The first-order chi connectivity index (χ1) is 11.6. The van der Waals surface area contributed by atoms with Gasteiger partial charge in [0.15, 0.2) is 0 Å². The zero-order valence-corrected chi connectivity index (χ0v) is 14.8. The summed E-state index contributed by atoms with van der Waals surface area (Å²) in [5.41, 5.74) is 1.70. The topological polar surface area (TPSA) is 58.1 Å². The lowest BCUT2D eigenvalue weighted by Crippen LogP contribution is -2.36. The largest absolute Gasteiger partial charge is 0.356 e. The Balaban J connectivity index is 1.70. The van der Waals surface area contributed by atoms with Crippen LogP contribution < -0.4 is 10.2 Å². The van der Waals surface area contributed by atoms with Crippen LogP contribution in [-0.2, 0) is 12.8 Å². The summed E-state index contributed by atoms with van der Waals surface area (Å²) in [4.78, 5) is 24.3. The van der Waals surface area contributed by atoms with Crippen molar-refractivity contribution in [2.24, 2.45) is 17.8 Å². The van der Waals surface area contributed by atoms with Gasteiger partial charge in [-0.3, -0.25) is 4.79 Å². The van der Waals surface area contributed by atoms with Crippen molar-refractivity contribution in [1.82, 2.24) is 15.3 Å². The monoisotopic (exact) mass is 328 g/mol. The van der Waals surface area contributed by atoms with Gasteiger partial charge in [-0.15, -0.1) is 0 Å². The van der Waals surface area contributed by atoms with Crippen LogP contribution in [0.5, 0.6) is 0 Å². The van der Waals surface area contributed by atoms with E-state index < -0.39 is 0 Å². The van der Waals surface area contributed by atoms with Gasteiger partial charge >= 0.3 is 0 Å². The van der Waals surface area contributed by atoms with Gasteiger partial charge in [0, 0.05) is 31.6 Å². The first-order valence-electron chi connectivity index (χ1n) is 9.54. The van der Waals surface area contributed by atoms with E-state index in [2.05, 4.69) is 29.0 Å². The van der Waals surface area contributed by atoms with Gasteiger partial charge in [-0.1, -0.05) is 26.7 Å². The van der Waals surface area contributed by atoms with Gasteiger partial charge in [0.2, 0.25) is 0 Å². The lowest BCUT2D eigenvalue weighted by molar-refractivity contribution is 0.0940. The number of aromatic nitrogens is 2. The first-order valence-corrected chi connectivity index (χ1v) is 9.54. The quantitative estimate of drug-likeness (QED) is 0.926. The average Bonchev–Trinajstić information content (AvgIpc) is 2.98. The molecule has 1 aromatic rings. The fourth-order valence-corrected chi connectivity index (χ4v) is 4.62. The van der Waals surface area contributed by atoms with Gasteiger partial charge < -0.3 is 10.2 Å². The molecular formula is C19H28N4O. The Bertz CT molecular complexity index is 628. The first kappa shape index (κ1) is 15.9. The van der Waals surface area contributed by atoms with E-state index in [1.165, 1.54) is 25.7 Å². The highest BCUT2D eigenvalue weighted by molar-refractivity contribution is 5.96. The number of anilines is 1. The number of nitrogens with one attached hydrogen (secondary N) is 1. The Hall–Kier alpha value is -1.65. The molecule has 1 saturated carbocycles. The number of rotatable bonds is 3. The molecule has 2 fully saturated rings. The fourth-order valence-electron chi connectivity index (χ4n) is 4.62. The maximum absolute atomic E-state index is 12.3. The van der Waals surface area contributed by atoms with Gasteiger partial charge in [0.1, 0.15) is 17.3 Å². The third-order valence-corrected chi connectivity index (χ3v) is 5.77. The van der Waals surface area contributed by atoms with Crippen molar-refractivity contribution in [2.45, 2.75) is 52.4 Å². The molecule has 0 bridgehead atoms.